The van der Waals surface area contributed by atoms with Crippen molar-refractivity contribution in [1.82, 2.24) is 15.0 Å². The molecule has 2 aromatic carbocycles. The largest absolute Gasteiger partial charge is 0.478 e. The van der Waals surface area contributed by atoms with Crippen LogP contribution in [0, 0.1) is 12.8 Å². The van der Waals surface area contributed by atoms with E-state index in [1.165, 1.54) is 0 Å². The summed E-state index contributed by atoms with van der Waals surface area (Å²) in [4.78, 5) is 25.6. The van der Waals surface area contributed by atoms with Crippen molar-refractivity contribution in [3.05, 3.63) is 65.4 Å². The molecule has 0 radical (unpaired) electrons. The number of benzene rings is 2. The zero-order valence-electron chi connectivity index (χ0n) is 21.0. The predicted molar refractivity (Wildman–Crippen MR) is 146 cm³/mol. The van der Waals surface area contributed by atoms with Gasteiger partial charge in [-0.1, -0.05) is 24.3 Å². The second kappa shape index (κ2) is 11.0. The van der Waals surface area contributed by atoms with Gasteiger partial charge < -0.3 is 30.7 Å². The van der Waals surface area contributed by atoms with Crippen LogP contribution in [0.3, 0.4) is 0 Å². The zero-order valence-corrected chi connectivity index (χ0v) is 21.8. The summed E-state index contributed by atoms with van der Waals surface area (Å²) >= 11 is 1.54. The molecule has 0 aliphatic heterocycles. The van der Waals surface area contributed by atoms with Gasteiger partial charge in [0, 0.05) is 26.2 Å². The lowest BCUT2D eigenvalue weighted by molar-refractivity contribution is -0.0200. The van der Waals surface area contributed by atoms with Crippen LogP contribution in [0.4, 0.5) is 11.8 Å². The lowest BCUT2D eigenvalue weighted by Crippen LogP contribution is -2.37. The number of carboxylic acids is 1. The Hall–Kier alpha value is -3.64. The van der Waals surface area contributed by atoms with Crippen molar-refractivity contribution in [3.8, 4) is 10.6 Å². The van der Waals surface area contributed by atoms with Gasteiger partial charge in [-0.2, -0.15) is 4.98 Å². The van der Waals surface area contributed by atoms with Crippen molar-refractivity contribution in [1.29, 1.82) is 0 Å². The summed E-state index contributed by atoms with van der Waals surface area (Å²) in [5.74, 6) is -0.401. The molecule has 0 bridgehead atoms. The van der Waals surface area contributed by atoms with Gasteiger partial charge in [0.05, 0.1) is 39.2 Å². The average Bonchev–Trinajstić information content (AvgIpc) is 3.47. The smallest absolute Gasteiger partial charge is 0.335 e. The first-order valence-electron chi connectivity index (χ1n) is 12.3. The number of hydrogen-bond donors (Lipinski definition) is 5. The first-order valence-corrected chi connectivity index (χ1v) is 13.1. The van der Waals surface area contributed by atoms with Crippen LogP contribution in [-0.2, 0) is 11.3 Å². The average molecular weight is 536 g/mol. The standard InChI is InChI=1S/C27H29N5O5S/c1-14-21(25-31-18-8-3-4-9-20(18)38-25)24(30-19-11-17(13-33)22(34)23(19)37-2)32-27(29-14)28-12-15-6-5-7-16(10-15)26(35)36/h3-10,17,19,22-23,33-34H,11-13H2,1-2H3,(H,35,36)(H2,28,29,30,32). The first-order chi connectivity index (χ1) is 18.4. The summed E-state index contributed by atoms with van der Waals surface area (Å²) in [6, 6.07) is 14.3. The van der Waals surface area contributed by atoms with Gasteiger partial charge in [0.25, 0.3) is 0 Å². The zero-order chi connectivity index (χ0) is 26.8. The number of aliphatic hydroxyl groups excluding tert-OH is 2. The number of para-hydroxylation sites is 1. The van der Waals surface area contributed by atoms with Crippen molar-refractivity contribution >= 4 is 39.3 Å². The molecule has 11 heteroatoms. The number of carboxylic acid groups (broad SMARTS) is 1. The van der Waals surface area contributed by atoms with E-state index in [-0.39, 0.29) is 24.1 Å². The minimum Gasteiger partial charge on any atom is -0.478 e. The topological polar surface area (TPSA) is 150 Å². The van der Waals surface area contributed by atoms with Crippen LogP contribution in [0.1, 0.15) is 28.0 Å². The Morgan fingerprint density at radius 2 is 1.97 bits per heavy atom. The highest BCUT2D eigenvalue weighted by Gasteiger charge is 2.43. The monoisotopic (exact) mass is 535 g/mol. The van der Waals surface area contributed by atoms with E-state index in [4.69, 9.17) is 14.7 Å². The molecule has 5 N–H and O–H groups in total. The number of ether oxygens (including phenoxy) is 1. The second-order valence-corrected chi connectivity index (χ2v) is 10.4. The van der Waals surface area contributed by atoms with Gasteiger partial charge in [0.2, 0.25) is 5.95 Å². The molecule has 1 aliphatic rings. The van der Waals surface area contributed by atoms with Gasteiger partial charge in [-0.15, -0.1) is 11.3 Å². The highest BCUT2D eigenvalue weighted by Crippen LogP contribution is 2.38. The predicted octanol–water partition coefficient (Wildman–Crippen LogP) is 3.54. The number of rotatable bonds is 9. The van der Waals surface area contributed by atoms with E-state index in [9.17, 15) is 20.1 Å². The van der Waals surface area contributed by atoms with E-state index in [1.54, 1.807) is 36.6 Å². The van der Waals surface area contributed by atoms with Crippen molar-refractivity contribution in [2.45, 2.75) is 38.1 Å². The van der Waals surface area contributed by atoms with Gasteiger partial charge in [-0.25, -0.2) is 14.8 Å². The summed E-state index contributed by atoms with van der Waals surface area (Å²) < 4.78 is 6.63. The van der Waals surface area contributed by atoms with Crippen molar-refractivity contribution in [2.24, 2.45) is 5.92 Å². The summed E-state index contributed by atoms with van der Waals surface area (Å²) in [5, 5.41) is 37.1. The quantitative estimate of drug-likeness (QED) is 0.215. The van der Waals surface area contributed by atoms with Crippen molar-refractivity contribution in [3.63, 3.8) is 0 Å². The Labute approximate surface area is 223 Å². The Morgan fingerprint density at radius 3 is 2.71 bits per heavy atom. The number of aromatic carboxylic acids is 1. The molecular formula is C27H29N5O5S. The Morgan fingerprint density at radius 1 is 1.16 bits per heavy atom. The molecule has 4 aromatic rings. The first kappa shape index (κ1) is 26.0. The molecule has 4 unspecified atom stereocenters. The fraction of sp³-hybridized carbons (Fsp3) is 0.333. The molecular weight excluding hydrogens is 506 g/mol. The summed E-state index contributed by atoms with van der Waals surface area (Å²) in [7, 11) is 1.54. The second-order valence-electron chi connectivity index (χ2n) is 9.32. The van der Waals surface area contributed by atoms with Gasteiger partial charge in [-0.3, -0.25) is 0 Å². The molecule has 4 atom stereocenters. The summed E-state index contributed by atoms with van der Waals surface area (Å²) in [5.41, 5.74) is 3.32. The third-order valence-corrected chi connectivity index (χ3v) is 7.88. The molecule has 2 aromatic heterocycles. The molecule has 0 spiro atoms. The van der Waals surface area contributed by atoms with E-state index < -0.39 is 18.2 Å². The molecule has 1 saturated carbocycles. The van der Waals surface area contributed by atoms with Gasteiger partial charge >= 0.3 is 5.97 Å². The number of nitrogens with zero attached hydrogens (tertiary/aromatic N) is 3. The molecule has 0 saturated heterocycles. The van der Waals surface area contributed by atoms with Crippen molar-refractivity contribution in [2.75, 3.05) is 24.4 Å². The van der Waals surface area contributed by atoms with Crippen LogP contribution < -0.4 is 10.6 Å². The van der Waals surface area contributed by atoms with Gasteiger partial charge in [-0.05, 0) is 43.2 Å². The molecule has 38 heavy (non-hydrogen) atoms. The molecule has 198 valence electrons. The Kier molecular flexibility index (Phi) is 7.52. The number of aryl methyl sites for hydroxylation is 1. The molecule has 5 rings (SSSR count). The number of aliphatic hydroxyl groups is 2. The fourth-order valence-electron chi connectivity index (χ4n) is 4.90. The fourth-order valence-corrected chi connectivity index (χ4v) is 5.96. The number of hydrogen-bond acceptors (Lipinski definition) is 10. The van der Waals surface area contributed by atoms with Crippen LogP contribution in [-0.4, -0.2) is 68.2 Å². The molecule has 10 nitrogen and oxygen atoms in total. The van der Waals surface area contributed by atoms with E-state index >= 15 is 0 Å². The highest BCUT2D eigenvalue weighted by atomic mass is 32.1. The van der Waals surface area contributed by atoms with Crippen molar-refractivity contribution < 1.29 is 24.9 Å². The number of thiazole rings is 1. The number of nitrogens with one attached hydrogen (secondary N) is 2. The lowest BCUT2D eigenvalue weighted by atomic mass is 10.1. The highest BCUT2D eigenvalue weighted by molar-refractivity contribution is 7.21. The van der Waals surface area contributed by atoms with Crippen LogP contribution in [0.5, 0.6) is 0 Å². The maximum atomic E-state index is 11.3. The van der Waals surface area contributed by atoms with Gasteiger partial charge in [0.1, 0.15) is 16.9 Å². The minimum atomic E-state index is -0.988. The molecule has 1 aliphatic carbocycles. The van der Waals surface area contributed by atoms with Crippen LogP contribution in [0.25, 0.3) is 20.8 Å². The number of carbonyl (C=O) groups is 1. The normalized spacial score (nSPS) is 21.1. The number of anilines is 2. The molecule has 2 heterocycles. The maximum absolute atomic E-state index is 11.3. The van der Waals surface area contributed by atoms with Gasteiger partial charge in [0.15, 0.2) is 0 Å². The van der Waals surface area contributed by atoms with E-state index in [0.29, 0.717) is 30.4 Å². The lowest BCUT2D eigenvalue weighted by Gasteiger charge is -2.24. The van der Waals surface area contributed by atoms with Crippen LogP contribution in [0.15, 0.2) is 48.5 Å². The Balaban J connectivity index is 1.50. The molecule has 0 amide bonds. The molecule has 1 fully saturated rings. The minimum absolute atomic E-state index is 0.144. The Bertz CT molecular complexity index is 1430. The SMILES string of the molecule is COC1C(Nc2nc(NCc3cccc(C(=O)O)c3)nc(C)c2-c2nc3ccccc3s2)CC(CO)C1O. The van der Waals surface area contributed by atoms with Crippen LogP contribution >= 0.6 is 11.3 Å². The summed E-state index contributed by atoms with van der Waals surface area (Å²) in [6.45, 7) is 2.07. The van der Waals surface area contributed by atoms with Crippen LogP contribution in [0.2, 0.25) is 0 Å². The maximum Gasteiger partial charge on any atom is 0.335 e. The van der Waals surface area contributed by atoms with E-state index in [1.807, 2.05) is 37.3 Å². The van der Waals surface area contributed by atoms with E-state index in [2.05, 4.69) is 15.6 Å². The van der Waals surface area contributed by atoms with E-state index in [0.717, 1.165) is 26.4 Å². The number of fused-ring (bicyclic) bond motifs is 1. The third-order valence-electron chi connectivity index (χ3n) is 6.82. The summed E-state index contributed by atoms with van der Waals surface area (Å²) in [6.07, 6.45) is -0.834. The third kappa shape index (κ3) is 5.18. The number of methoxy groups -OCH3 is 1. The number of aromatic nitrogens is 3.